The highest BCUT2D eigenvalue weighted by molar-refractivity contribution is 6.09. The van der Waals surface area contributed by atoms with E-state index in [0.29, 0.717) is 19.4 Å². The van der Waals surface area contributed by atoms with Crippen LogP contribution in [0.15, 0.2) is 12.4 Å². The molecule has 2 atom stereocenters. The third kappa shape index (κ3) is 2.60. The second-order valence-corrected chi connectivity index (χ2v) is 7.31. The molecule has 1 spiro atoms. The van der Waals surface area contributed by atoms with Gasteiger partial charge in [-0.05, 0) is 26.2 Å². The molecule has 1 aromatic rings. The second kappa shape index (κ2) is 5.86. The molecular weight excluding hydrogens is 322 g/mol. The number of amides is 4. The van der Waals surface area contributed by atoms with Gasteiger partial charge >= 0.3 is 6.03 Å². The highest BCUT2D eigenvalue weighted by Gasteiger charge is 2.54. The fourth-order valence-corrected chi connectivity index (χ4v) is 4.23. The van der Waals surface area contributed by atoms with Crippen LogP contribution in [0.4, 0.5) is 4.79 Å². The molecule has 1 saturated carbocycles. The molecule has 2 N–H and O–H groups in total. The average Bonchev–Trinajstić information content (AvgIpc) is 3.28. The summed E-state index contributed by atoms with van der Waals surface area (Å²) in [7, 11) is 0. The van der Waals surface area contributed by atoms with Crippen molar-refractivity contribution in [2.75, 3.05) is 0 Å². The molecule has 4 amide bonds. The SMILES string of the molecule is C[C@@H](C(=O)N[C@H]1CCc2nccn2C1)N1C(=O)NC2(CCCC2)C1=O. The van der Waals surface area contributed by atoms with Crippen LogP contribution in [0.2, 0.25) is 0 Å². The molecule has 25 heavy (non-hydrogen) atoms. The summed E-state index contributed by atoms with van der Waals surface area (Å²) in [5.74, 6) is 0.487. The molecular formula is C17H23N5O3. The number of nitrogens with one attached hydrogen (secondary N) is 2. The zero-order valence-electron chi connectivity index (χ0n) is 14.3. The molecule has 8 nitrogen and oxygen atoms in total. The monoisotopic (exact) mass is 345 g/mol. The van der Waals surface area contributed by atoms with Gasteiger partial charge in [-0.1, -0.05) is 12.8 Å². The Bertz CT molecular complexity index is 722. The lowest BCUT2D eigenvalue weighted by Crippen LogP contribution is -2.52. The Morgan fingerprint density at radius 2 is 2.16 bits per heavy atom. The Kier molecular flexibility index (Phi) is 3.77. The lowest BCUT2D eigenvalue weighted by molar-refractivity contribution is -0.138. The van der Waals surface area contributed by atoms with Gasteiger partial charge in [0.05, 0.1) is 0 Å². The number of urea groups is 1. The van der Waals surface area contributed by atoms with Crippen molar-refractivity contribution in [1.82, 2.24) is 25.1 Å². The fraction of sp³-hybridized carbons (Fsp3) is 0.647. The molecule has 1 aliphatic carbocycles. The number of carbonyl (C=O) groups excluding carboxylic acids is 3. The molecule has 8 heteroatoms. The topological polar surface area (TPSA) is 96.3 Å². The van der Waals surface area contributed by atoms with E-state index in [2.05, 4.69) is 15.6 Å². The predicted molar refractivity (Wildman–Crippen MR) is 88.5 cm³/mol. The minimum atomic E-state index is -0.809. The minimum absolute atomic E-state index is 0.0159. The van der Waals surface area contributed by atoms with Crippen LogP contribution in [0, 0.1) is 0 Å². The van der Waals surface area contributed by atoms with E-state index in [4.69, 9.17) is 0 Å². The van der Waals surface area contributed by atoms with Gasteiger partial charge in [-0.2, -0.15) is 0 Å². The summed E-state index contributed by atoms with van der Waals surface area (Å²) in [6, 6.07) is -1.27. The van der Waals surface area contributed by atoms with E-state index >= 15 is 0 Å². The second-order valence-electron chi connectivity index (χ2n) is 7.31. The Morgan fingerprint density at radius 3 is 2.92 bits per heavy atom. The average molecular weight is 345 g/mol. The molecule has 134 valence electrons. The molecule has 3 heterocycles. The van der Waals surface area contributed by atoms with E-state index in [-0.39, 0.29) is 17.9 Å². The van der Waals surface area contributed by atoms with Gasteiger partial charge in [0.1, 0.15) is 17.4 Å². The van der Waals surface area contributed by atoms with Crippen molar-refractivity contribution in [3.8, 4) is 0 Å². The molecule has 1 saturated heterocycles. The van der Waals surface area contributed by atoms with Crippen molar-refractivity contribution in [2.45, 2.75) is 69.6 Å². The number of rotatable bonds is 3. The van der Waals surface area contributed by atoms with Crippen molar-refractivity contribution in [2.24, 2.45) is 0 Å². The maximum atomic E-state index is 12.8. The van der Waals surface area contributed by atoms with Gasteiger partial charge in [-0.15, -0.1) is 0 Å². The normalized spacial score (nSPS) is 25.8. The molecule has 0 radical (unpaired) electrons. The molecule has 3 aliphatic rings. The van der Waals surface area contributed by atoms with Crippen LogP contribution in [-0.4, -0.2) is 49.9 Å². The summed E-state index contributed by atoms with van der Waals surface area (Å²) in [4.78, 5) is 43.1. The van der Waals surface area contributed by atoms with E-state index in [1.165, 1.54) is 0 Å². The summed E-state index contributed by atoms with van der Waals surface area (Å²) in [5, 5.41) is 5.81. The Morgan fingerprint density at radius 1 is 1.40 bits per heavy atom. The van der Waals surface area contributed by atoms with Gasteiger partial charge in [0.15, 0.2) is 0 Å². The van der Waals surface area contributed by atoms with Crippen LogP contribution in [0.3, 0.4) is 0 Å². The van der Waals surface area contributed by atoms with Crippen molar-refractivity contribution >= 4 is 17.8 Å². The summed E-state index contributed by atoms with van der Waals surface area (Å²) >= 11 is 0. The first-order valence-corrected chi connectivity index (χ1v) is 8.96. The minimum Gasteiger partial charge on any atom is -0.350 e. The first kappa shape index (κ1) is 16.1. The third-order valence-electron chi connectivity index (χ3n) is 5.70. The summed E-state index contributed by atoms with van der Waals surface area (Å²) in [6.45, 7) is 2.28. The van der Waals surface area contributed by atoms with Crippen LogP contribution in [-0.2, 0) is 22.6 Å². The maximum absolute atomic E-state index is 12.8. The van der Waals surface area contributed by atoms with Gasteiger partial charge in [0, 0.05) is 31.4 Å². The molecule has 2 aliphatic heterocycles. The number of carbonyl (C=O) groups is 3. The van der Waals surface area contributed by atoms with Crippen LogP contribution < -0.4 is 10.6 Å². The predicted octanol–water partition coefficient (Wildman–Crippen LogP) is 0.567. The third-order valence-corrected chi connectivity index (χ3v) is 5.70. The van der Waals surface area contributed by atoms with E-state index in [0.717, 1.165) is 36.4 Å². The fourth-order valence-electron chi connectivity index (χ4n) is 4.23. The number of hydrogen-bond acceptors (Lipinski definition) is 4. The first-order valence-electron chi connectivity index (χ1n) is 8.96. The highest BCUT2D eigenvalue weighted by Crippen LogP contribution is 2.35. The number of aryl methyl sites for hydroxylation is 1. The summed E-state index contributed by atoms with van der Waals surface area (Å²) < 4.78 is 2.03. The number of imide groups is 1. The van der Waals surface area contributed by atoms with Gasteiger partial charge in [-0.3, -0.25) is 9.59 Å². The number of aromatic nitrogens is 2. The van der Waals surface area contributed by atoms with Crippen molar-refractivity contribution in [3.63, 3.8) is 0 Å². The Labute approximate surface area is 146 Å². The standard InChI is InChI=1S/C17H23N5O3/c1-11(22-15(24)17(20-16(22)25)6-2-3-7-17)14(23)19-12-4-5-13-18-8-9-21(13)10-12/h8-9,11-12H,2-7,10H2,1H3,(H,19,23)(H,20,25)/t11-,12-/m0/s1. The van der Waals surface area contributed by atoms with Gasteiger partial charge in [0.25, 0.3) is 5.91 Å². The quantitative estimate of drug-likeness (QED) is 0.783. The van der Waals surface area contributed by atoms with Crippen LogP contribution in [0.5, 0.6) is 0 Å². The maximum Gasteiger partial charge on any atom is 0.325 e. The van der Waals surface area contributed by atoms with Gasteiger partial charge in [-0.25, -0.2) is 14.7 Å². The van der Waals surface area contributed by atoms with Crippen molar-refractivity contribution in [1.29, 1.82) is 0 Å². The van der Waals surface area contributed by atoms with E-state index in [9.17, 15) is 14.4 Å². The van der Waals surface area contributed by atoms with E-state index in [1.807, 2.05) is 10.8 Å². The molecule has 0 bridgehead atoms. The van der Waals surface area contributed by atoms with Crippen LogP contribution >= 0.6 is 0 Å². The lowest BCUT2D eigenvalue weighted by atomic mass is 9.97. The largest absolute Gasteiger partial charge is 0.350 e. The molecule has 4 rings (SSSR count). The zero-order valence-corrected chi connectivity index (χ0v) is 14.3. The van der Waals surface area contributed by atoms with Crippen molar-refractivity contribution < 1.29 is 14.4 Å². The van der Waals surface area contributed by atoms with Crippen LogP contribution in [0.25, 0.3) is 0 Å². The Balaban J connectivity index is 1.42. The van der Waals surface area contributed by atoms with Gasteiger partial charge in [0.2, 0.25) is 5.91 Å². The van der Waals surface area contributed by atoms with Crippen molar-refractivity contribution in [3.05, 3.63) is 18.2 Å². The summed E-state index contributed by atoms with van der Waals surface area (Å²) in [5.41, 5.74) is -0.776. The van der Waals surface area contributed by atoms with E-state index < -0.39 is 17.6 Å². The highest BCUT2D eigenvalue weighted by atomic mass is 16.2. The zero-order chi connectivity index (χ0) is 17.6. The number of nitrogens with zero attached hydrogens (tertiary/aromatic N) is 3. The summed E-state index contributed by atoms with van der Waals surface area (Å²) in [6.07, 6.45) is 8.45. The lowest BCUT2D eigenvalue weighted by Gasteiger charge is -2.28. The number of imidazole rings is 1. The molecule has 0 unspecified atom stereocenters. The Hall–Kier alpha value is -2.38. The van der Waals surface area contributed by atoms with Gasteiger partial charge < -0.3 is 15.2 Å². The molecule has 1 aromatic heterocycles. The van der Waals surface area contributed by atoms with Crippen LogP contribution in [0.1, 0.15) is 44.9 Å². The smallest absolute Gasteiger partial charge is 0.325 e. The number of hydrogen-bond donors (Lipinski definition) is 2. The number of fused-ring (bicyclic) bond motifs is 1. The first-order chi connectivity index (χ1) is 12.0. The molecule has 2 fully saturated rings. The van der Waals surface area contributed by atoms with E-state index in [1.54, 1.807) is 13.1 Å². The molecule has 0 aromatic carbocycles.